The lowest BCUT2D eigenvalue weighted by atomic mass is 9.97. The van der Waals surface area contributed by atoms with Gasteiger partial charge in [0.2, 0.25) is 10.0 Å². The highest BCUT2D eigenvalue weighted by atomic mass is 32.2. The molecule has 2 fully saturated rings. The van der Waals surface area contributed by atoms with Crippen LogP contribution in [0.15, 0.2) is 11.0 Å². The molecule has 0 amide bonds. The van der Waals surface area contributed by atoms with Gasteiger partial charge in [0.1, 0.15) is 0 Å². The van der Waals surface area contributed by atoms with E-state index in [-0.39, 0.29) is 0 Å². The molecule has 2 heterocycles. The number of nitrogens with one attached hydrogen (secondary N) is 1. The van der Waals surface area contributed by atoms with Crippen molar-refractivity contribution in [2.24, 2.45) is 5.92 Å². The molecule has 0 aliphatic carbocycles. The van der Waals surface area contributed by atoms with E-state index in [1.807, 2.05) is 27.7 Å². The average Bonchev–Trinajstić information content (AvgIpc) is 2.61. The van der Waals surface area contributed by atoms with E-state index in [1.54, 1.807) is 4.31 Å². The lowest BCUT2D eigenvalue weighted by molar-refractivity contribution is 0.152. The number of hydrogen-bond acceptors (Lipinski definition) is 4. The van der Waals surface area contributed by atoms with Crippen LogP contribution in [0.25, 0.3) is 0 Å². The van der Waals surface area contributed by atoms with Gasteiger partial charge < -0.3 is 10.2 Å². The molecule has 26 heavy (non-hydrogen) atoms. The van der Waals surface area contributed by atoms with Crippen LogP contribution in [0, 0.1) is 33.6 Å². The molecule has 2 aliphatic heterocycles. The van der Waals surface area contributed by atoms with Gasteiger partial charge in [-0.15, -0.1) is 0 Å². The number of piperazine rings is 1. The Morgan fingerprint density at radius 1 is 0.962 bits per heavy atom. The van der Waals surface area contributed by atoms with Gasteiger partial charge in [-0.05, 0) is 81.8 Å². The molecule has 0 radical (unpaired) electrons. The van der Waals surface area contributed by atoms with Gasteiger partial charge in [-0.25, -0.2) is 8.42 Å². The van der Waals surface area contributed by atoms with Crippen LogP contribution in [0.3, 0.4) is 0 Å². The SMILES string of the molecule is Cc1cc(C)c(C)c(S(=O)(=O)N2CCN(CC3CCNCC3)CC2)c1C. The summed E-state index contributed by atoms with van der Waals surface area (Å²) in [6, 6.07) is 2.08. The number of hydrogen-bond donors (Lipinski definition) is 1. The fourth-order valence-corrected chi connectivity index (χ4v) is 6.28. The zero-order valence-electron chi connectivity index (χ0n) is 16.6. The molecule has 3 rings (SSSR count). The van der Waals surface area contributed by atoms with Gasteiger partial charge in [0.15, 0.2) is 0 Å². The molecule has 1 aromatic carbocycles. The Bertz CT molecular complexity index is 721. The number of nitrogens with zero attached hydrogens (tertiary/aromatic N) is 2. The minimum Gasteiger partial charge on any atom is -0.317 e. The second-order valence-corrected chi connectivity index (χ2v) is 9.86. The van der Waals surface area contributed by atoms with Crippen molar-refractivity contribution in [2.45, 2.75) is 45.4 Å². The van der Waals surface area contributed by atoms with E-state index in [9.17, 15) is 8.42 Å². The van der Waals surface area contributed by atoms with Crippen molar-refractivity contribution in [3.8, 4) is 0 Å². The maximum absolute atomic E-state index is 13.3. The van der Waals surface area contributed by atoms with E-state index in [0.29, 0.717) is 18.0 Å². The van der Waals surface area contributed by atoms with E-state index in [1.165, 1.54) is 12.8 Å². The maximum Gasteiger partial charge on any atom is 0.243 e. The predicted octanol–water partition coefficient (Wildman–Crippen LogP) is 2.23. The second-order valence-electron chi connectivity index (χ2n) is 7.99. The average molecular weight is 380 g/mol. The summed E-state index contributed by atoms with van der Waals surface area (Å²) in [7, 11) is -3.43. The van der Waals surface area contributed by atoms with Crippen LogP contribution in [0.1, 0.15) is 35.1 Å². The zero-order chi connectivity index (χ0) is 18.9. The molecule has 0 unspecified atom stereocenters. The van der Waals surface area contributed by atoms with Crippen LogP contribution in [0.4, 0.5) is 0 Å². The fourth-order valence-electron chi connectivity index (χ4n) is 4.28. The molecule has 0 aromatic heterocycles. The molecule has 0 saturated carbocycles. The summed E-state index contributed by atoms with van der Waals surface area (Å²) in [5.41, 5.74) is 3.89. The van der Waals surface area contributed by atoms with Crippen molar-refractivity contribution in [1.82, 2.24) is 14.5 Å². The Hall–Kier alpha value is -0.950. The van der Waals surface area contributed by atoms with Crippen LogP contribution < -0.4 is 5.32 Å². The first-order valence-corrected chi connectivity index (χ1v) is 11.3. The summed E-state index contributed by atoms with van der Waals surface area (Å²) in [6.45, 7) is 14.1. The highest BCUT2D eigenvalue weighted by Gasteiger charge is 2.32. The lowest BCUT2D eigenvalue weighted by Gasteiger charge is -2.37. The zero-order valence-corrected chi connectivity index (χ0v) is 17.5. The van der Waals surface area contributed by atoms with Gasteiger partial charge >= 0.3 is 0 Å². The van der Waals surface area contributed by atoms with E-state index in [2.05, 4.69) is 16.3 Å². The van der Waals surface area contributed by atoms with Crippen molar-refractivity contribution >= 4 is 10.0 Å². The smallest absolute Gasteiger partial charge is 0.243 e. The molecule has 6 heteroatoms. The quantitative estimate of drug-likeness (QED) is 0.872. The summed E-state index contributed by atoms with van der Waals surface area (Å²) in [5, 5.41) is 3.41. The molecule has 5 nitrogen and oxygen atoms in total. The fraction of sp³-hybridized carbons (Fsp3) is 0.700. The molecule has 146 valence electrons. The summed E-state index contributed by atoms with van der Waals surface area (Å²) >= 11 is 0. The third kappa shape index (κ3) is 3.98. The van der Waals surface area contributed by atoms with Crippen LogP contribution in [0.5, 0.6) is 0 Å². The Labute approximate surface area is 158 Å². The van der Waals surface area contributed by atoms with E-state index in [4.69, 9.17) is 0 Å². The predicted molar refractivity (Wildman–Crippen MR) is 106 cm³/mol. The lowest BCUT2D eigenvalue weighted by Crippen LogP contribution is -2.50. The van der Waals surface area contributed by atoms with Crippen molar-refractivity contribution in [1.29, 1.82) is 0 Å². The molecule has 0 atom stereocenters. The highest BCUT2D eigenvalue weighted by Crippen LogP contribution is 2.29. The van der Waals surface area contributed by atoms with Gasteiger partial charge in [-0.2, -0.15) is 4.31 Å². The third-order valence-corrected chi connectivity index (χ3v) is 8.37. The molecular formula is C20H33N3O2S. The van der Waals surface area contributed by atoms with E-state index >= 15 is 0 Å². The molecule has 2 aliphatic rings. The largest absolute Gasteiger partial charge is 0.317 e. The van der Waals surface area contributed by atoms with E-state index < -0.39 is 10.0 Å². The van der Waals surface area contributed by atoms with Crippen molar-refractivity contribution < 1.29 is 8.42 Å². The monoisotopic (exact) mass is 379 g/mol. The first-order chi connectivity index (χ1) is 12.3. The summed E-state index contributed by atoms with van der Waals surface area (Å²) in [4.78, 5) is 2.98. The van der Waals surface area contributed by atoms with Gasteiger partial charge in [-0.3, -0.25) is 0 Å². The summed E-state index contributed by atoms with van der Waals surface area (Å²) in [6.07, 6.45) is 2.47. The van der Waals surface area contributed by atoms with Crippen LogP contribution in [-0.4, -0.2) is 63.4 Å². The highest BCUT2D eigenvalue weighted by molar-refractivity contribution is 7.89. The summed E-state index contributed by atoms with van der Waals surface area (Å²) in [5.74, 6) is 0.753. The number of sulfonamides is 1. The molecule has 0 spiro atoms. The minimum absolute atomic E-state index is 0.529. The number of rotatable bonds is 4. The maximum atomic E-state index is 13.3. The normalized spacial score (nSPS) is 21.2. The topological polar surface area (TPSA) is 52.7 Å². The molecule has 2 saturated heterocycles. The Balaban J connectivity index is 1.71. The number of aryl methyl sites for hydroxylation is 2. The van der Waals surface area contributed by atoms with Gasteiger partial charge in [0.05, 0.1) is 4.90 Å². The number of piperidine rings is 1. The van der Waals surface area contributed by atoms with Crippen LogP contribution in [0.2, 0.25) is 0 Å². The Morgan fingerprint density at radius 3 is 2.04 bits per heavy atom. The van der Waals surface area contributed by atoms with Crippen molar-refractivity contribution in [3.63, 3.8) is 0 Å². The second kappa shape index (κ2) is 7.97. The minimum atomic E-state index is -3.43. The van der Waals surface area contributed by atoms with Gasteiger partial charge in [-0.1, -0.05) is 6.07 Å². The van der Waals surface area contributed by atoms with Crippen LogP contribution in [-0.2, 0) is 10.0 Å². The first-order valence-electron chi connectivity index (χ1n) is 9.81. The number of benzene rings is 1. The summed E-state index contributed by atoms with van der Waals surface area (Å²) < 4.78 is 28.4. The standard InChI is InChI=1S/C20H33N3O2S/c1-15-13-16(2)18(4)20(17(15)3)26(24,25)23-11-9-22(10-12-23)14-19-5-7-21-8-6-19/h13,19,21H,5-12,14H2,1-4H3. The van der Waals surface area contributed by atoms with Crippen molar-refractivity contribution in [2.75, 3.05) is 45.8 Å². The van der Waals surface area contributed by atoms with Crippen LogP contribution >= 0.6 is 0 Å². The molecule has 1 N–H and O–H groups in total. The van der Waals surface area contributed by atoms with Crippen molar-refractivity contribution in [3.05, 3.63) is 28.3 Å². The third-order valence-electron chi connectivity index (χ3n) is 6.20. The van der Waals surface area contributed by atoms with Gasteiger partial charge in [0.25, 0.3) is 0 Å². The van der Waals surface area contributed by atoms with E-state index in [0.717, 1.165) is 60.9 Å². The Morgan fingerprint density at radius 2 is 1.50 bits per heavy atom. The molecule has 1 aromatic rings. The molecular weight excluding hydrogens is 346 g/mol. The first kappa shape index (κ1) is 19.8. The Kier molecular flexibility index (Phi) is 6.07. The molecule has 0 bridgehead atoms. The van der Waals surface area contributed by atoms with Gasteiger partial charge in [0, 0.05) is 32.7 Å².